The van der Waals surface area contributed by atoms with Gasteiger partial charge in [0.2, 0.25) is 0 Å². The highest BCUT2D eigenvalue weighted by Crippen LogP contribution is 2.26. The standard InChI is InChI=1S/C17H24O5/c1-4-21-15(18)17(3,16(19)22-5-2)11-12-20-13-14-9-7-6-8-10-14/h6-10H,4-5,11-13H2,1-3H3. The van der Waals surface area contributed by atoms with Crippen LogP contribution in [0.25, 0.3) is 0 Å². The van der Waals surface area contributed by atoms with Gasteiger partial charge in [0.25, 0.3) is 0 Å². The van der Waals surface area contributed by atoms with Gasteiger partial charge in [-0.05, 0) is 32.8 Å². The number of benzene rings is 1. The summed E-state index contributed by atoms with van der Waals surface area (Å²) in [5.41, 5.74) is -0.292. The second kappa shape index (κ2) is 9.20. The van der Waals surface area contributed by atoms with Gasteiger partial charge in [-0.3, -0.25) is 9.59 Å². The minimum atomic E-state index is -1.33. The summed E-state index contributed by atoms with van der Waals surface area (Å²) < 4.78 is 15.5. The summed E-state index contributed by atoms with van der Waals surface area (Å²) in [5, 5.41) is 0. The van der Waals surface area contributed by atoms with Crippen LogP contribution >= 0.6 is 0 Å². The van der Waals surface area contributed by atoms with Crippen LogP contribution in [0.4, 0.5) is 0 Å². The molecule has 5 heteroatoms. The van der Waals surface area contributed by atoms with Crippen molar-refractivity contribution in [2.75, 3.05) is 19.8 Å². The molecule has 0 spiro atoms. The van der Waals surface area contributed by atoms with Crippen molar-refractivity contribution in [2.24, 2.45) is 5.41 Å². The normalized spacial score (nSPS) is 11.0. The molecule has 1 rings (SSSR count). The van der Waals surface area contributed by atoms with Crippen molar-refractivity contribution in [3.63, 3.8) is 0 Å². The van der Waals surface area contributed by atoms with Crippen LogP contribution < -0.4 is 0 Å². The predicted octanol–water partition coefficient (Wildman–Crippen LogP) is 2.73. The lowest BCUT2D eigenvalue weighted by Gasteiger charge is -2.24. The van der Waals surface area contributed by atoms with Crippen molar-refractivity contribution in [3.8, 4) is 0 Å². The molecule has 0 unspecified atom stereocenters. The summed E-state index contributed by atoms with van der Waals surface area (Å²) in [5.74, 6) is -1.14. The molecule has 0 aliphatic carbocycles. The lowest BCUT2D eigenvalue weighted by atomic mass is 9.87. The fourth-order valence-corrected chi connectivity index (χ4v) is 1.91. The van der Waals surface area contributed by atoms with Gasteiger partial charge in [-0.25, -0.2) is 0 Å². The van der Waals surface area contributed by atoms with Gasteiger partial charge in [0.1, 0.15) is 0 Å². The Morgan fingerprint density at radius 3 is 2.05 bits per heavy atom. The molecule has 0 amide bonds. The minimum Gasteiger partial charge on any atom is -0.465 e. The molecule has 0 saturated carbocycles. The Hall–Kier alpha value is -1.88. The average molecular weight is 308 g/mol. The van der Waals surface area contributed by atoms with Crippen molar-refractivity contribution in [2.45, 2.75) is 33.8 Å². The van der Waals surface area contributed by atoms with Crippen LogP contribution in [0.2, 0.25) is 0 Å². The van der Waals surface area contributed by atoms with Gasteiger partial charge in [0.05, 0.1) is 19.8 Å². The van der Waals surface area contributed by atoms with Gasteiger partial charge < -0.3 is 14.2 Å². The van der Waals surface area contributed by atoms with Crippen molar-refractivity contribution < 1.29 is 23.8 Å². The molecule has 0 radical (unpaired) electrons. The van der Waals surface area contributed by atoms with E-state index in [1.165, 1.54) is 6.92 Å². The van der Waals surface area contributed by atoms with E-state index in [4.69, 9.17) is 14.2 Å². The molecule has 122 valence electrons. The summed E-state index contributed by atoms with van der Waals surface area (Å²) in [6.07, 6.45) is 0.220. The third-order valence-electron chi connectivity index (χ3n) is 3.31. The van der Waals surface area contributed by atoms with Crippen LogP contribution in [0.15, 0.2) is 30.3 Å². The Bertz CT molecular complexity index is 451. The van der Waals surface area contributed by atoms with E-state index in [2.05, 4.69) is 0 Å². The molecule has 0 bridgehead atoms. The van der Waals surface area contributed by atoms with Crippen LogP contribution in [-0.4, -0.2) is 31.8 Å². The number of hydrogen-bond acceptors (Lipinski definition) is 5. The maximum Gasteiger partial charge on any atom is 0.323 e. The van der Waals surface area contributed by atoms with Gasteiger partial charge >= 0.3 is 11.9 Å². The highest BCUT2D eigenvalue weighted by atomic mass is 16.6. The van der Waals surface area contributed by atoms with Crippen molar-refractivity contribution in [3.05, 3.63) is 35.9 Å². The molecule has 0 atom stereocenters. The molecule has 0 aliphatic rings. The Labute approximate surface area is 131 Å². The first-order chi connectivity index (χ1) is 10.5. The molecule has 1 aromatic rings. The third kappa shape index (κ3) is 5.15. The molecule has 0 aliphatic heterocycles. The highest BCUT2D eigenvalue weighted by Gasteiger charge is 2.43. The van der Waals surface area contributed by atoms with Gasteiger partial charge in [0.15, 0.2) is 5.41 Å². The molecule has 0 fully saturated rings. The third-order valence-corrected chi connectivity index (χ3v) is 3.31. The summed E-state index contributed by atoms with van der Waals surface area (Å²) in [7, 11) is 0. The zero-order chi connectivity index (χ0) is 16.4. The van der Waals surface area contributed by atoms with Crippen LogP contribution in [0.5, 0.6) is 0 Å². The number of rotatable bonds is 9. The van der Waals surface area contributed by atoms with E-state index >= 15 is 0 Å². The Morgan fingerprint density at radius 2 is 1.55 bits per heavy atom. The summed E-state index contributed by atoms with van der Waals surface area (Å²) in [4.78, 5) is 24.1. The first-order valence-electron chi connectivity index (χ1n) is 7.50. The van der Waals surface area contributed by atoms with E-state index < -0.39 is 17.4 Å². The average Bonchev–Trinajstić information content (AvgIpc) is 2.52. The van der Waals surface area contributed by atoms with Crippen molar-refractivity contribution in [1.82, 2.24) is 0 Å². The second-order valence-corrected chi connectivity index (χ2v) is 5.06. The van der Waals surface area contributed by atoms with E-state index in [1.807, 2.05) is 30.3 Å². The number of ether oxygens (including phenoxy) is 3. The van der Waals surface area contributed by atoms with Crippen LogP contribution in [0.3, 0.4) is 0 Å². The maximum atomic E-state index is 12.1. The number of hydrogen-bond donors (Lipinski definition) is 0. The van der Waals surface area contributed by atoms with Crippen LogP contribution in [-0.2, 0) is 30.4 Å². The van der Waals surface area contributed by atoms with Gasteiger partial charge in [0, 0.05) is 6.61 Å². The van der Waals surface area contributed by atoms with E-state index in [-0.39, 0.29) is 26.2 Å². The summed E-state index contributed by atoms with van der Waals surface area (Å²) in [6, 6.07) is 9.70. The van der Waals surface area contributed by atoms with Crippen molar-refractivity contribution >= 4 is 11.9 Å². The van der Waals surface area contributed by atoms with E-state index in [1.54, 1.807) is 13.8 Å². The fraction of sp³-hybridized carbons (Fsp3) is 0.529. The monoisotopic (exact) mass is 308 g/mol. The summed E-state index contributed by atoms with van der Waals surface area (Å²) in [6.45, 7) is 6.09. The Balaban J connectivity index is 2.57. The molecule has 0 N–H and O–H groups in total. The zero-order valence-electron chi connectivity index (χ0n) is 13.5. The minimum absolute atomic E-state index is 0.220. The molecule has 1 aromatic carbocycles. The van der Waals surface area contributed by atoms with Crippen molar-refractivity contribution in [1.29, 1.82) is 0 Å². The highest BCUT2D eigenvalue weighted by molar-refractivity contribution is 5.99. The molecular formula is C17H24O5. The molecule has 22 heavy (non-hydrogen) atoms. The second-order valence-electron chi connectivity index (χ2n) is 5.06. The van der Waals surface area contributed by atoms with E-state index in [9.17, 15) is 9.59 Å². The zero-order valence-corrected chi connectivity index (χ0v) is 13.5. The molecule has 0 heterocycles. The van der Waals surface area contributed by atoms with Gasteiger partial charge in [-0.2, -0.15) is 0 Å². The predicted molar refractivity (Wildman–Crippen MR) is 82.1 cm³/mol. The van der Waals surface area contributed by atoms with Gasteiger partial charge in [-0.1, -0.05) is 30.3 Å². The number of carbonyl (C=O) groups is 2. The first kappa shape index (κ1) is 18.2. The SMILES string of the molecule is CCOC(=O)C(C)(CCOCc1ccccc1)C(=O)OCC. The van der Waals surface area contributed by atoms with Gasteiger partial charge in [-0.15, -0.1) is 0 Å². The molecular weight excluding hydrogens is 284 g/mol. The number of carbonyl (C=O) groups excluding carboxylic acids is 2. The summed E-state index contributed by atoms with van der Waals surface area (Å²) >= 11 is 0. The van der Waals surface area contributed by atoms with E-state index in [0.717, 1.165) is 5.56 Å². The largest absolute Gasteiger partial charge is 0.465 e. The van der Waals surface area contributed by atoms with Crippen LogP contribution in [0.1, 0.15) is 32.8 Å². The topological polar surface area (TPSA) is 61.8 Å². The molecule has 5 nitrogen and oxygen atoms in total. The smallest absolute Gasteiger partial charge is 0.323 e. The Morgan fingerprint density at radius 1 is 1.00 bits per heavy atom. The molecule has 0 saturated heterocycles. The Kier molecular flexibility index (Phi) is 7.60. The van der Waals surface area contributed by atoms with E-state index in [0.29, 0.717) is 6.61 Å². The maximum absolute atomic E-state index is 12.1. The quantitative estimate of drug-likeness (QED) is 0.399. The molecule has 0 aromatic heterocycles. The first-order valence-corrected chi connectivity index (χ1v) is 7.50. The lowest BCUT2D eigenvalue weighted by Crippen LogP contribution is -2.40. The van der Waals surface area contributed by atoms with Crippen LogP contribution in [0, 0.1) is 5.41 Å². The number of esters is 2. The fourth-order valence-electron chi connectivity index (χ4n) is 1.91. The lowest BCUT2D eigenvalue weighted by molar-refractivity contribution is -0.172.